The molecule has 1 aliphatic heterocycles. The van der Waals surface area contributed by atoms with Crippen molar-refractivity contribution in [1.82, 2.24) is 4.90 Å². The van der Waals surface area contributed by atoms with E-state index in [0.717, 1.165) is 19.4 Å². The Morgan fingerprint density at radius 3 is 2.35 bits per heavy atom. The molecule has 0 radical (unpaired) electrons. The van der Waals surface area contributed by atoms with E-state index in [1.165, 1.54) is 32.1 Å². The van der Waals surface area contributed by atoms with E-state index >= 15 is 0 Å². The van der Waals surface area contributed by atoms with Gasteiger partial charge < -0.3 is 10.6 Å². The van der Waals surface area contributed by atoms with Gasteiger partial charge in [-0.05, 0) is 63.2 Å². The van der Waals surface area contributed by atoms with Crippen LogP contribution in [0.3, 0.4) is 0 Å². The first kappa shape index (κ1) is 14.4. The average Bonchev–Trinajstić information content (AvgIpc) is 2.41. The number of hydrogen-bond donors (Lipinski definition) is 1. The van der Waals surface area contributed by atoms with Crippen LogP contribution < -0.4 is 5.73 Å². The van der Waals surface area contributed by atoms with Crippen LogP contribution in [0.25, 0.3) is 0 Å². The molecule has 0 spiro atoms. The summed E-state index contributed by atoms with van der Waals surface area (Å²) in [7, 11) is 0. The Kier molecular flexibility index (Phi) is 4.07. The number of likely N-dealkylation sites (tertiary alicyclic amines) is 1. The van der Waals surface area contributed by atoms with Gasteiger partial charge in [0.05, 0.1) is 0 Å². The van der Waals surface area contributed by atoms with E-state index in [9.17, 15) is 4.79 Å². The smallest absolute Gasteiger partial charge is 0.225 e. The molecule has 4 atom stereocenters. The molecule has 4 unspecified atom stereocenters. The number of nitrogens with zero attached hydrogens (tertiary/aromatic N) is 1. The lowest BCUT2D eigenvalue weighted by Crippen LogP contribution is -2.53. The minimum atomic E-state index is 0.262. The Morgan fingerprint density at radius 1 is 1.05 bits per heavy atom. The molecule has 1 amide bonds. The first-order valence-electron chi connectivity index (χ1n) is 8.64. The molecular formula is C17H30N2O. The molecule has 1 saturated heterocycles. The van der Waals surface area contributed by atoms with Gasteiger partial charge in [0.1, 0.15) is 0 Å². The summed E-state index contributed by atoms with van der Waals surface area (Å²) < 4.78 is 0. The van der Waals surface area contributed by atoms with Crippen molar-refractivity contribution in [2.75, 3.05) is 6.54 Å². The summed E-state index contributed by atoms with van der Waals surface area (Å²) in [6.07, 6.45) is 8.35. The third kappa shape index (κ3) is 2.49. The second-order valence-corrected chi connectivity index (χ2v) is 7.59. The summed E-state index contributed by atoms with van der Waals surface area (Å²) in [4.78, 5) is 15.1. The van der Waals surface area contributed by atoms with Crippen LogP contribution in [0.2, 0.25) is 0 Å². The predicted octanol–water partition coefficient (Wildman–Crippen LogP) is 2.79. The maximum atomic E-state index is 12.9. The minimum Gasteiger partial charge on any atom is -0.339 e. The van der Waals surface area contributed by atoms with E-state index < -0.39 is 0 Å². The highest BCUT2D eigenvalue weighted by molar-refractivity contribution is 5.79. The molecule has 0 aromatic heterocycles. The topological polar surface area (TPSA) is 46.3 Å². The molecule has 3 rings (SSSR count). The number of fused-ring (bicyclic) bond motifs is 2. The molecule has 2 N–H and O–H groups in total. The standard InChI is InChI=1S/C17H30N2O/c1-11-5-4-8-19(12(11)2)17(20)15-9-13-6-3-7-14(10-15)16(13)18/h11-16H,3-10,18H2,1-2H3. The second-order valence-electron chi connectivity index (χ2n) is 7.59. The molecule has 3 aliphatic rings. The van der Waals surface area contributed by atoms with E-state index in [0.29, 0.717) is 35.7 Å². The summed E-state index contributed by atoms with van der Waals surface area (Å²) in [5.41, 5.74) is 6.35. The molecular weight excluding hydrogens is 248 g/mol. The number of carbonyl (C=O) groups excluding carboxylic acids is 1. The first-order valence-corrected chi connectivity index (χ1v) is 8.64. The van der Waals surface area contributed by atoms with Crippen molar-refractivity contribution in [3.8, 4) is 0 Å². The van der Waals surface area contributed by atoms with Crippen LogP contribution in [0.5, 0.6) is 0 Å². The van der Waals surface area contributed by atoms with Gasteiger partial charge in [0.25, 0.3) is 0 Å². The molecule has 1 heterocycles. The lowest BCUT2D eigenvalue weighted by Gasteiger charge is -2.46. The van der Waals surface area contributed by atoms with E-state index in [1.807, 2.05) is 0 Å². The van der Waals surface area contributed by atoms with Crippen LogP contribution >= 0.6 is 0 Å². The fourth-order valence-corrected chi connectivity index (χ4v) is 4.87. The van der Waals surface area contributed by atoms with E-state index in [2.05, 4.69) is 18.7 Å². The Balaban J connectivity index is 1.68. The summed E-state index contributed by atoms with van der Waals surface area (Å²) in [5.74, 6) is 2.56. The normalized spacial score (nSPS) is 45.2. The highest BCUT2D eigenvalue weighted by Crippen LogP contribution is 2.43. The molecule has 0 aromatic rings. The third-order valence-corrected chi connectivity index (χ3v) is 6.42. The van der Waals surface area contributed by atoms with E-state index in [1.54, 1.807) is 0 Å². The molecule has 3 fully saturated rings. The molecule has 2 aliphatic carbocycles. The largest absolute Gasteiger partial charge is 0.339 e. The first-order chi connectivity index (χ1) is 9.58. The Bertz CT molecular complexity index is 356. The van der Waals surface area contributed by atoms with Crippen molar-refractivity contribution in [1.29, 1.82) is 0 Å². The Hall–Kier alpha value is -0.570. The predicted molar refractivity (Wildman–Crippen MR) is 81.1 cm³/mol. The van der Waals surface area contributed by atoms with Crippen LogP contribution in [0, 0.1) is 23.7 Å². The van der Waals surface area contributed by atoms with Crippen LogP contribution in [0.1, 0.15) is 58.8 Å². The van der Waals surface area contributed by atoms with Crippen molar-refractivity contribution >= 4 is 5.91 Å². The maximum Gasteiger partial charge on any atom is 0.225 e. The number of piperidine rings is 1. The fraction of sp³-hybridized carbons (Fsp3) is 0.941. The van der Waals surface area contributed by atoms with Crippen molar-refractivity contribution < 1.29 is 4.79 Å². The summed E-state index contributed by atoms with van der Waals surface area (Å²) >= 11 is 0. The molecule has 0 aromatic carbocycles. The minimum absolute atomic E-state index is 0.262. The number of nitrogens with two attached hydrogens (primary N) is 1. The van der Waals surface area contributed by atoms with Crippen LogP contribution in [-0.2, 0) is 4.79 Å². The van der Waals surface area contributed by atoms with E-state index in [-0.39, 0.29) is 5.92 Å². The van der Waals surface area contributed by atoms with Gasteiger partial charge in [0, 0.05) is 24.5 Å². The fourth-order valence-electron chi connectivity index (χ4n) is 4.87. The lowest BCUT2D eigenvalue weighted by molar-refractivity contribution is -0.143. The summed E-state index contributed by atoms with van der Waals surface area (Å²) in [5, 5.41) is 0. The van der Waals surface area contributed by atoms with Gasteiger partial charge in [0.15, 0.2) is 0 Å². The number of hydrogen-bond acceptors (Lipinski definition) is 2. The molecule has 2 saturated carbocycles. The number of amides is 1. The highest BCUT2D eigenvalue weighted by Gasteiger charge is 2.42. The van der Waals surface area contributed by atoms with Gasteiger partial charge in [-0.3, -0.25) is 4.79 Å². The van der Waals surface area contributed by atoms with Crippen LogP contribution in [0.15, 0.2) is 0 Å². The van der Waals surface area contributed by atoms with Crippen LogP contribution in [-0.4, -0.2) is 29.4 Å². The van der Waals surface area contributed by atoms with Gasteiger partial charge in [-0.15, -0.1) is 0 Å². The zero-order valence-electron chi connectivity index (χ0n) is 13.1. The quantitative estimate of drug-likeness (QED) is 0.801. The van der Waals surface area contributed by atoms with Crippen molar-refractivity contribution in [3.63, 3.8) is 0 Å². The molecule has 2 bridgehead atoms. The van der Waals surface area contributed by atoms with Crippen LogP contribution in [0.4, 0.5) is 0 Å². The monoisotopic (exact) mass is 278 g/mol. The lowest BCUT2D eigenvalue weighted by atomic mass is 9.64. The Morgan fingerprint density at radius 2 is 1.70 bits per heavy atom. The third-order valence-electron chi connectivity index (χ3n) is 6.42. The number of carbonyl (C=O) groups is 1. The van der Waals surface area contributed by atoms with Gasteiger partial charge in [-0.1, -0.05) is 13.3 Å². The van der Waals surface area contributed by atoms with Crippen molar-refractivity contribution in [2.24, 2.45) is 29.4 Å². The zero-order valence-corrected chi connectivity index (χ0v) is 13.1. The molecule has 20 heavy (non-hydrogen) atoms. The summed E-state index contributed by atoms with van der Waals surface area (Å²) in [6, 6.07) is 0.789. The molecule has 3 nitrogen and oxygen atoms in total. The van der Waals surface area contributed by atoms with Gasteiger partial charge in [0.2, 0.25) is 5.91 Å². The van der Waals surface area contributed by atoms with Gasteiger partial charge >= 0.3 is 0 Å². The Labute approximate surface area is 123 Å². The zero-order chi connectivity index (χ0) is 14.3. The van der Waals surface area contributed by atoms with Crippen molar-refractivity contribution in [2.45, 2.75) is 70.9 Å². The van der Waals surface area contributed by atoms with E-state index in [4.69, 9.17) is 5.73 Å². The summed E-state index contributed by atoms with van der Waals surface area (Å²) in [6.45, 7) is 5.50. The second kappa shape index (κ2) is 5.67. The number of rotatable bonds is 1. The molecule has 3 heteroatoms. The maximum absolute atomic E-state index is 12.9. The highest BCUT2D eigenvalue weighted by atomic mass is 16.2. The SMILES string of the molecule is CC1CCCN(C(=O)C2CC3CCCC(C2)C3N)C1C. The average molecular weight is 278 g/mol. The van der Waals surface area contributed by atoms with Crippen molar-refractivity contribution in [3.05, 3.63) is 0 Å². The van der Waals surface area contributed by atoms with Gasteiger partial charge in [-0.25, -0.2) is 0 Å². The van der Waals surface area contributed by atoms with Gasteiger partial charge in [-0.2, -0.15) is 0 Å². The molecule has 114 valence electrons.